The minimum absolute atomic E-state index is 0.374. The first-order valence-corrected chi connectivity index (χ1v) is 5.73. The van der Waals surface area contributed by atoms with Crippen molar-refractivity contribution >= 4 is 17.1 Å². The lowest BCUT2D eigenvalue weighted by Gasteiger charge is -1.99. The molecular formula is C15H8N2O. The SMILES string of the molecule is O=Cc1cnc2c(n1)-c1cccc3cccc-2c13. The van der Waals surface area contributed by atoms with Crippen LogP contribution in [0.1, 0.15) is 10.5 Å². The van der Waals surface area contributed by atoms with Gasteiger partial charge < -0.3 is 0 Å². The lowest BCUT2D eigenvalue weighted by atomic mass is 10.0. The standard InChI is InChI=1S/C15H8N2O/c18-8-10-7-16-14-11-5-1-3-9-4-2-6-12(13(9)11)15(14)17-10/h1-8H. The van der Waals surface area contributed by atoms with Crippen LogP contribution in [0.25, 0.3) is 33.3 Å². The fourth-order valence-corrected chi connectivity index (χ4v) is 2.58. The predicted molar refractivity (Wildman–Crippen MR) is 69.4 cm³/mol. The minimum Gasteiger partial charge on any atom is -0.296 e. The summed E-state index contributed by atoms with van der Waals surface area (Å²) in [6.07, 6.45) is 2.26. The highest BCUT2D eigenvalue weighted by molar-refractivity contribution is 6.13. The number of carbonyl (C=O) groups is 1. The Balaban J connectivity index is 2.20. The van der Waals surface area contributed by atoms with Gasteiger partial charge in [-0.25, -0.2) is 4.98 Å². The molecule has 18 heavy (non-hydrogen) atoms. The predicted octanol–water partition coefficient (Wildman–Crippen LogP) is 3.09. The van der Waals surface area contributed by atoms with Gasteiger partial charge in [-0.3, -0.25) is 9.78 Å². The quantitative estimate of drug-likeness (QED) is 0.473. The van der Waals surface area contributed by atoms with Crippen LogP contribution in [0.15, 0.2) is 42.6 Å². The van der Waals surface area contributed by atoms with E-state index >= 15 is 0 Å². The number of aromatic nitrogens is 2. The molecule has 0 N–H and O–H groups in total. The topological polar surface area (TPSA) is 42.9 Å². The molecule has 1 aromatic heterocycles. The zero-order valence-electron chi connectivity index (χ0n) is 9.42. The Bertz CT molecular complexity index is 803. The summed E-state index contributed by atoms with van der Waals surface area (Å²) in [6.45, 7) is 0. The van der Waals surface area contributed by atoms with Crippen molar-refractivity contribution in [2.24, 2.45) is 0 Å². The van der Waals surface area contributed by atoms with E-state index in [4.69, 9.17) is 0 Å². The summed E-state index contributed by atoms with van der Waals surface area (Å²) in [5.41, 5.74) is 4.22. The Morgan fingerprint density at radius 1 is 0.944 bits per heavy atom. The van der Waals surface area contributed by atoms with E-state index in [0.717, 1.165) is 28.8 Å². The summed E-state index contributed by atoms with van der Waals surface area (Å²) < 4.78 is 0. The highest BCUT2D eigenvalue weighted by Crippen LogP contribution is 2.44. The number of carbonyl (C=O) groups excluding carboxylic acids is 1. The number of nitrogens with zero attached hydrogens (tertiary/aromatic N) is 2. The van der Waals surface area contributed by atoms with Gasteiger partial charge in [-0.15, -0.1) is 0 Å². The van der Waals surface area contributed by atoms with Crippen molar-refractivity contribution in [1.82, 2.24) is 9.97 Å². The van der Waals surface area contributed by atoms with Crippen LogP contribution in [0, 0.1) is 0 Å². The molecule has 3 heteroatoms. The van der Waals surface area contributed by atoms with E-state index in [1.165, 1.54) is 17.0 Å². The Morgan fingerprint density at radius 2 is 1.67 bits per heavy atom. The Labute approximate surface area is 103 Å². The minimum atomic E-state index is 0.374. The third-order valence-corrected chi connectivity index (χ3v) is 3.33. The van der Waals surface area contributed by atoms with Crippen molar-refractivity contribution in [2.45, 2.75) is 0 Å². The van der Waals surface area contributed by atoms with Crippen LogP contribution in [0.2, 0.25) is 0 Å². The first-order valence-electron chi connectivity index (χ1n) is 5.73. The number of aldehydes is 1. The molecule has 1 heterocycles. The van der Waals surface area contributed by atoms with Crippen LogP contribution in [-0.2, 0) is 0 Å². The molecule has 4 rings (SSSR count). The maximum atomic E-state index is 10.8. The van der Waals surface area contributed by atoms with Gasteiger partial charge in [0.2, 0.25) is 0 Å². The molecule has 1 aliphatic carbocycles. The van der Waals surface area contributed by atoms with E-state index < -0.39 is 0 Å². The number of hydrogen-bond donors (Lipinski definition) is 0. The fraction of sp³-hybridized carbons (Fsp3) is 0. The maximum Gasteiger partial charge on any atom is 0.170 e. The molecule has 2 aromatic carbocycles. The van der Waals surface area contributed by atoms with Gasteiger partial charge in [0.25, 0.3) is 0 Å². The number of fused-ring (bicyclic) bond motifs is 3. The van der Waals surface area contributed by atoms with E-state index in [9.17, 15) is 4.79 Å². The lowest BCUT2D eigenvalue weighted by molar-refractivity contribution is 0.111. The van der Waals surface area contributed by atoms with Gasteiger partial charge in [0.15, 0.2) is 6.29 Å². The summed E-state index contributed by atoms with van der Waals surface area (Å²) in [5, 5.41) is 2.36. The van der Waals surface area contributed by atoms with Crippen molar-refractivity contribution in [3.05, 3.63) is 48.3 Å². The highest BCUT2D eigenvalue weighted by atomic mass is 16.1. The Kier molecular flexibility index (Phi) is 1.70. The van der Waals surface area contributed by atoms with Crippen molar-refractivity contribution in [3.8, 4) is 22.5 Å². The number of benzene rings is 2. The van der Waals surface area contributed by atoms with Gasteiger partial charge in [0, 0.05) is 16.5 Å². The van der Waals surface area contributed by atoms with E-state index in [0.29, 0.717) is 5.69 Å². The molecule has 3 aromatic rings. The lowest BCUT2D eigenvalue weighted by Crippen LogP contribution is -1.93. The van der Waals surface area contributed by atoms with Crippen molar-refractivity contribution < 1.29 is 4.79 Å². The molecule has 0 bridgehead atoms. The van der Waals surface area contributed by atoms with E-state index in [1.54, 1.807) is 0 Å². The summed E-state index contributed by atoms with van der Waals surface area (Å²) in [6, 6.07) is 12.3. The van der Waals surface area contributed by atoms with E-state index in [2.05, 4.69) is 22.1 Å². The molecule has 0 fully saturated rings. The molecule has 0 spiro atoms. The van der Waals surface area contributed by atoms with Crippen LogP contribution in [0.3, 0.4) is 0 Å². The van der Waals surface area contributed by atoms with Gasteiger partial charge in [-0.1, -0.05) is 36.4 Å². The first-order chi connectivity index (χ1) is 8.88. The first kappa shape index (κ1) is 9.48. The van der Waals surface area contributed by atoms with Crippen LogP contribution < -0.4 is 0 Å². The highest BCUT2D eigenvalue weighted by Gasteiger charge is 2.23. The smallest absolute Gasteiger partial charge is 0.170 e. The van der Waals surface area contributed by atoms with Crippen LogP contribution >= 0.6 is 0 Å². The molecule has 0 unspecified atom stereocenters. The molecule has 0 radical (unpaired) electrons. The second-order valence-electron chi connectivity index (χ2n) is 4.32. The van der Waals surface area contributed by atoms with Crippen molar-refractivity contribution in [3.63, 3.8) is 0 Å². The van der Waals surface area contributed by atoms with Crippen LogP contribution in [0.4, 0.5) is 0 Å². The normalized spacial score (nSPS) is 11.6. The summed E-state index contributed by atoms with van der Waals surface area (Å²) in [5.74, 6) is 0. The van der Waals surface area contributed by atoms with Gasteiger partial charge in [0.05, 0.1) is 17.6 Å². The molecule has 3 nitrogen and oxygen atoms in total. The molecule has 0 aliphatic heterocycles. The van der Waals surface area contributed by atoms with Gasteiger partial charge in [-0.2, -0.15) is 0 Å². The second kappa shape index (κ2) is 3.23. The monoisotopic (exact) mass is 232 g/mol. The fourth-order valence-electron chi connectivity index (χ4n) is 2.58. The average Bonchev–Trinajstić information content (AvgIpc) is 2.76. The molecular weight excluding hydrogens is 224 g/mol. The molecule has 1 aliphatic rings. The van der Waals surface area contributed by atoms with Gasteiger partial charge in [0.1, 0.15) is 5.69 Å². The molecule has 0 saturated heterocycles. The third kappa shape index (κ3) is 1.06. The maximum absolute atomic E-state index is 10.8. The van der Waals surface area contributed by atoms with Gasteiger partial charge in [-0.05, 0) is 5.39 Å². The number of rotatable bonds is 1. The number of hydrogen-bond acceptors (Lipinski definition) is 3. The van der Waals surface area contributed by atoms with Crippen LogP contribution in [-0.4, -0.2) is 16.3 Å². The van der Waals surface area contributed by atoms with Crippen molar-refractivity contribution in [1.29, 1.82) is 0 Å². The van der Waals surface area contributed by atoms with Crippen molar-refractivity contribution in [2.75, 3.05) is 0 Å². The average molecular weight is 232 g/mol. The third-order valence-electron chi connectivity index (χ3n) is 3.33. The molecule has 84 valence electrons. The zero-order chi connectivity index (χ0) is 12.1. The molecule has 0 saturated carbocycles. The summed E-state index contributed by atoms with van der Waals surface area (Å²) in [4.78, 5) is 19.6. The summed E-state index contributed by atoms with van der Waals surface area (Å²) >= 11 is 0. The zero-order valence-corrected chi connectivity index (χ0v) is 9.42. The molecule has 0 atom stereocenters. The Hall–Kier alpha value is -2.55. The Morgan fingerprint density at radius 3 is 2.39 bits per heavy atom. The molecule has 0 amide bonds. The van der Waals surface area contributed by atoms with Crippen LogP contribution in [0.5, 0.6) is 0 Å². The largest absolute Gasteiger partial charge is 0.296 e. The van der Waals surface area contributed by atoms with Gasteiger partial charge >= 0.3 is 0 Å². The summed E-state index contributed by atoms with van der Waals surface area (Å²) in [7, 11) is 0. The second-order valence-corrected chi connectivity index (χ2v) is 4.32. The van der Waals surface area contributed by atoms with E-state index in [-0.39, 0.29) is 0 Å². The van der Waals surface area contributed by atoms with E-state index in [1.807, 2.05) is 24.3 Å².